The van der Waals surface area contributed by atoms with Gasteiger partial charge in [0.2, 0.25) is 5.91 Å². The van der Waals surface area contributed by atoms with Crippen molar-refractivity contribution in [2.75, 3.05) is 19.0 Å². The van der Waals surface area contributed by atoms with E-state index in [1.165, 1.54) is 19.2 Å². The number of methoxy groups -OCH3 is 1. The molecule has 1 spiro atoms. The Morgan fingerprint density at radius 2 is 2.29 bits per heavy atom. The maximum atomic E-state index is 12.9. The van der Waals surface area contributed by atoms with Crippen molar-refractivity contribution in [3.8, 4) is 0 Å². The summed E-state index contributed by atoms with van der Waals surface area (Å²) in [6.07, 6.45) is 2.00. The molecule has 8 heteroatoms. The number of fused-ring (bicyclic) bond motifs is 4. The predicted octanol–water partition coefficient (Wildman–Crippen LogP) is 1.40. The second-order valence-corrected chi connectivity index (χ2v) is 6.54. The van der Waals surface area contributed by atoms with Gasteiger partial charge in [0.15, 0.2) is 0 Å². The van der Waals surface area contributed by atoms with E-state index in [0.29, 0.717) is 24.2 Å². The highest BCUT2D eigenvalue weighted by molar-refractivity contribution is 6.07. The fourth-order valence-electron chi connectivity index (χ4n) is 4.58. The molecule has 4 rings (SSSR count). The first kappa shape index (κ1) is 15.1. The van der Waals surface area contributed by atoms with E-state index in [-0.39, 0.29) is 23.6 Å². The fraction of sp³-hybridized carbons (Fsp3) is 0.500. The molecular weight excluding hydrogens is 314 g/mol. The summed E-state index contributed by atoms with van der Waals surface area (Å²) in [5, 5.41) is 14.0. The highest BCUT2D eigenvalue weighted by Crippen LogP contribution is 2.54. The summed E-state index contributed by atoms with van der Waals surface area (Å²) >= 11 is 0. The molecule has 3 atom stereocenters. The average molecular weight is 331 g/mol. The zero-order valence-electron chi connectivity index (χ0n) is 13.2. The number of hydrogen-bond donors (Lipinski definition) is 1. The molecule has 1 N–H and O–H groups in total. The van der Waals surface area contributed by atoms with Crippen LogP contribution in [0.25, 0.3) is 0 Å². The number of non-ortho nitro benzene ring substituents is 1. The zero-order chi connectivity index (χ0) is 17.1. The van der Waals surface area contributed by atoms with E-state index < -0.39 is 16.4 Å². The Morgan fingerprint density at radius 3 is 3.00 bits per heavy atom. The van der Waals surface area contributed by atoms with Crippen molar-refractivity contribution in [3.63, 3.8) is 0 Å². The second kappa shape index (κ2) is 5.01. The van der Waals surface area contributed by atoms with Crippen LogP contribution in [0, 0.1) is 16.0 Å². The number of benzene rings is 1. The summed E-state index contributed by atoms with van der Waals surface area (Å²) in [4.78, 5) is 37.8. The van der Waals surface area contributed by atoms with Crippen molar-refractivity contribution < 1.29 is 19.2 Å². The van der Waals surface area contributed by atoms with Crippen LogP contribution in [0.2, 0.25) is 0 Å². The Bertz CT molecular complexity index is 764. The molecule has 126 valence electrons. The molecule has 24 heavy (non-hydrogen) atoms. The third kappa shape index (κ3) is 1.77. The van der Waals surface area contributed by atoms with Crippen LogP contribution in [0.5, 0.6) is 0 Å². The first-order chi connectivity index (χ1) is 11.5. The van der Waals surface area contributed by atoms with Gasteiger partial charge in [-0.25, -0.2) is 0 Å². The van der Waals surface area contributed by atoms with Gasteiger partial charge in [0.05, 0.1) is 18.0 Å². The van der Waals surface area contributed by atoms with E-state index in [0.717, 1.165) is 12.8 Å². The molecule has 3 aliphatic heterocycles. The third-order valence-electron chi connectivity index (χ3n) is 5.56. The van der Waals surface area contributed by atoms with Crippen LogP contribution in [0.1, 0.15) is 24.8 Å². The van der Waals surface area contributed by atoms with Crippen molar-refractivity contribution in [1.29, 1.82) is 0 Å². The molecule has 2 saturated heterocycles. The van der Waals surface area contributed by atoms with Crippen molar-refractivity contribution in [2.24, 2.45) is 5.92 Å². The van der Waals surface area contributed by atoms with Gasteiger partial charge in [-0.15, -0.1) is 0 Å². The van der Waals surface area contributed by atoms with E-state index in [9.17, 15) is 19.7 Å². The first-order valence-corrected chi connectivity index (χ1v) is 7.94. The van der Waals surface area contributed by atoms with Crippen LogP contribution in [0.15, 0.2) is 18.2 Å². The zero-order valence-corrected chi connectivity index (χ0v) is 13.2. The SMILES string of the molecule is COC(=O)[C@H]1C[C@@]2(C(=O)Nc3ccc([N+](=O)[O-])cc32)N2CCC[C@H]12. The number of anilines is 1. The van der Waals surface area contributed by atoms with Gasteiger partial charge in [-0.1, -0.05) is 0 Å². The van der Waals surface area contributed by atoms with E-state index in [4.69, 9.17) is 4.74 Å². The smallest absolute Gasteiger partial charge is 0.310 e. The van der Waals surface area contributed by atoms with Crippen LogP contribution in [0.4, 0.5) is 11.4 Å². The number of nitro groups is 1. The topological polar surface area (TPSA) is 102 Å². The molecule has 0 unspecified atom stereocenters. The minimum atomic E-state index is -1.01. The minimum Gasteiger partial charge on any atom is -0.469 e. The van der Waals surface area contributed by atoms with E-state index >= 15 is 0 Å². The van der Waals surface area contributed by atoms with Crippen molar-refractivity contribution >= 4 is 23.3 Å². The maximum Gasteiger partial charge on any atom is 0.310 e. The molecule has 2 fully saturated rings. The molecule has 0 radical (unpaired) electrons. The van der Waals surface area contributed by atoms with Gasteiger partial charge in [-0.05, 0) is 31.9 Å². The number of nitrogens with zero attached hydrogens (tertiary/aromatic N) is 2. The summed E-state index contributed by atoms with van der Waals surface area (Å²) in [7, 11) is 1.35. The number of carbonyl (C=O) groups is 2. The molecule has 3 aliphatic rings. The quantitative estimate of drug-likeness (QED) is 0.499. The lowest BCUT2D eigenvalue weighted by atomic mass is 9.84. The number of hydrogen-bond acceptors (Lipinski definition) is 6. The lowest BCUT2D eigenvalue weighted by Crippen LogP contribution is -2.47. The Morgan fingerprint density at radius 1 is 1.50 bits per heavy atom. The standard InChI is InChI=1S/C16H17N3O5/c1-24-14(20)10-8-16(18-6-2-3-13(10)18)11-7-9(19(22)23)4-5-12(11)17-15(16)21/h4-5,7,10,13H,2-3,6,8H2,1H3,(H,17,21)/t10-,13+,16+/m0/s1. The highest BCUT2D eigenvalue weighted by atomic mass is 16.6. The number of nitro benzene ring substituents is 1. The van der Waals surface area contributed by atoms with Gasteiger partial charge in [0, 0.05) is 29.4 Å². The number of ether oxygens (including phenoxy) is 1. The molecule has 0 saturated carbocycles. The Hall–Kier alpha value is -2.48. The van der Waals surface area contributed by atoms with Gasteiger partial charge in [-0.2, -0.15) is 0 Å². The summed E-state index contributed by atoms with van der Waals surface area (Å²) in [6, 6.07) is 4.35. The molecule has 1 aromatic rings. The normalized spacial score (nSPS) is 31.0. The van der Waals surface area contributed by atoms with Gasteiger partial charge in [0.1, 0.15) is 5.54 Å². The van der Waals surface area contributed by atoms with E-state index in [2.05, 4.69) is 5.32 Å². The van der Waals surface area contributed by atoms with Crippen LogP contribution in [-0.2, 0) is 19.9 Å². The van der Waals surface area contributed by atoms with Gasteiger partial charge >= 0.3 is 5.97 Å². The first-order valence-electron chi connectivity index (χ1n) is 7.94. The fourth-order valence-corrected chi connectivity index (χ4v) is 4.58. The minimum absolute atomic E-state index is 0.0538. The molecule has 1 aromatic carbocycles. The predicted molar refractivity (Wildman–Crippen MR) is 83.3 cm³/mol. The average Bonchev–Trinajstić information content (AvgIpc) is 3.22. The lowest BCUT2D eigenvalue weighted by Gasteiger charge is -2.32. The summed E-state index contributed by atoms with van der Waals surface area (Å²) in [5.41, 5.74) is 0.116. The molecular formula is C16H17N3O5. The number of nitrogens with one attached hydrogen (secondary N) is 1. The highest BCUT2D eigenvalue weighted by Gasteiger charge is 2.63. The lowest BCUT2D eigenvalue weighted by molar-refractivity contribution is -0.384. The summed E-state index contributed by atoms with van der Waals surface area (Å²) in [6.45, 7) is 0.688. The van der Waals surface area contributed by atoms with Crippen molar-refractivity contribution in [3.05, 3.63) is 33.9 Å². The van der Waals surface area contributed by atoms with E-state index in [1.807, 2.05) is 4.90 Å². The van der Waals surface area contributed by atoms with Crippen molar-refractivity contribution in [2.45, 2.75) is 30.8 Å². The molecule has 0 aliphatic carbocycles. The van der Waals surface area contributed by atoms with Gasteiger partial charge in [0.25, 0.3) is 5.69 Å². The largest absolute Gasteiger partial charge is 0.469 e. The number of amides is 1. The van der Waals surface area contributed by atoms with Crippen LogP contribution in [-0.4, -0.2) is 41.4 Å². The van der Waals surface area contributed by atoms with Crippen molar-refractivity contribution in [1.82, 2.24) is 4.90 Å². The molecule has 3 heterocycles. The van der Waals surface area contributed by atoms with Crippen LogP contribution >= 0.6 is 0 Å². The monoisotopic (exact) mass is 331 g/mol. The molecule has 0 aromatic heterocycles. The summed E-state index contributed by atoms with van der Waals surface area (Å²) in [5.74, 6) is -0.930. The van der Waals surface area contributed by atoms with Crippen LogP contribution < -0.4 is 5.32 Å². The maximum absolute atomic E-state index is 12.9. The van der Waals surface area contributed by atoms with E-state index in [1.54, 1.807) is 6.07 Å². The number of esters is 1. The van der Waals surface area contributed by atoms with Gasteiger partial charge < -0.3 is 10.1 Å². The number of carbonyl (C=O) groups excluding carboxylic acids is 2. The molecule has 0 bridgehead atoms. The van der Waals surface area contributed by atoms with Gasteiger partial charge in [-0.3, -0.25) is 24.6 Å². The molecule has 8 nitrogen and oxygen atoms in total. The Balaban J connectivity index is 1.86. The second-order valence-electron chi connectivity index (χ2n) is 6.54. The van der Waals surface area contributed by atoms with Crippen LogP contribution in [0.3, 0.4) is 0 Å². The molecule has 1 amide bonds. The summed E-state index contributed by atoms with van der Waals surface area (Å²) < 4.78 is 4.92. The number of rotatable bonds is 2. The Kier molecular flexibility index (Phi) is 3.14. The third-order valence-corrected chi connectivity index (χ3v) is 5.56. The Labute approximate surface area is 137 Å².